The summed E-state index contributed by atoms with van der Waals surface area (Å²) >= 11 is 0. The van der Waals surface area contributed by atoms with Gasteiger partial charge in [-0.05, 0) is 37.5 Å². The number of methoxy groups -OCH3 is 1. The quantitative estimate of drug-likeness (QED) is 0.648. The van der Waals surface area contributed by atoms with Gasteiger partial charge in [-0.2, -0.15) is 0 Å². The standard InChI is InChI=1S/C21H33N3O2/c1-5-22-19(24-11-9-21(15-24)10-12-26-16-21)23-14-20(2,3)17-7-6-8-18(13-17)25-4/h6-8,13H,5,9-12,14-16H2,1-4H3,(H,22,23). The van der Waals surface area contributed by atoms with Crippen molar-refractivity contribution in [2.75, 3.05) is 46.5 Å². The van der Waals surface area contributed by atoms with Crippen LogP contribution < -0.4 is 10.1 Å². The van der Waals surface area contributed by atoms with E-state index in [1.165, 1.54) is 18.4 Å². The number of aliphatic imine (C=N–C) groups is 1. The predicted octanol–water partition coefficient (Wildman–Crippen LogP) is 3.05. The highest BCUT2D eigenvalue weighted by Crippen LogP contribution is 2.38. The van der Waals surface area contributed by atoms with Gasteiger partial charge in [0.05, 0.1) is 20.3 Å². The molecule has 0 saturated carbocycles. The van der Waals surface area contributed by atoms with Gasteiger partial charge < -0.3 is 19.7 Å². The van der Waals surface area contributed by atoms with Crippen LogP contribution in [0, 0.1) is 5.41 Å². The second kappa shape index (κ2) is 7.87. The zero-order valence-corrected chi connectivity index (χ0v) is 16.7. The molecule has 1 N–H and O–H groups in total. The van der Waals surface area contributed by atoms with Crippen molar-refractivity contribution in [1.29, 1.82) is 0 Å². The second-order valence-corrected chi connectivity index (χ2v) is 8.26. The van der Waals surface area contributed by atoms with Gasteiger partial charge >= 0.3 is 0 Å². The molecule has 0 aliphatic carbocycles. The molecule has 1 aromatic carbocycles. The molecule has 144 valence electrons. The van der Waals surface area contributed by atoms with E-state index in [1.54, 1.807) is 7.11 Å². The topological polar surface area (TPSA) is 46.1 Å². The number of guanidine groups is 1. The Morgan fingerprint density at radius 2 is 2.23 bits per heavy atom. The molecule has 3 rings (SSSR count). The summed E-state index contributed by atoms with van der Waals surface area (Å²) in [6, 6.07) is 8.31. The number of hydrogen-bond acceptors (Lipinski definition) is 3. The normalized spacial score (nSPS) is 23.7. The first-order valence-electron chi connectivity index (χ1n) is 9.74. The lowest BCUT2D eigenvalue weighted by Gasteiger charge is -2.28. The Bertz CT molecular complexity index is 636. The molecular formula is C21H33N3O2. The molecule has 2 fully saturated rings. The zero-order valence-electron chi connectivity index (χ0n) is 16.7. The first kappa shape index (κ1) is 19.0. The molecule has 2 saturated heterocycles. The fraction of sp³-hybridized carbons (Fsp3) is 0.667. The number of ether oxygens (including phenoxy) is 2. The second-order valence-electron chi connectivity index (χ2n) is 8.26. The van der Waals surface area contributed by atoms with Crippen molar-refractivity contribution in [3.8, 4) is 5.75 Å². The Balaban J connectivity index is 1.72. The first-order valence-corrected chi connectivity index (χ1v) is 9.74. The van der Waals surface area contributed by atoms with E-state index in [-0.39, 0.29) is 5.41 Å². The van der Waals surface area contributed by atoms with Crippen molar-refractivity contribution >= 4 is 5.96 Å². The monoisotopic (exact) mass is 359 g/mol. The molecule has 5 heteroatoms. The molecule has 1 atom stereocenters. The zero-order chi connectivity index (χ0) is 18.6. The minimum Gasteiger partial charge on any atom is -0.497 e. The third-order valence-corrected chi connectivity index (χ3v) is 5.73. The maximum Gasteiger partial charge on any atom is 0.193 e. The Morgan fingerprint density at radius 3 is 2.92 bits per heavy atom. The van der Waals surface area contributed by atoms with Crippen molar-refractivity contribution in [2.45, 2.75) is 39.0 Å². The summed E-state index contributed by atoms with van der Waals surface area (Å²) in [6.07, 6.45) is 2.38. The van der Waals surface area contributed by atoms with Crippen LogP contribution in [-0.4, -0.2) is 57.4 Å². The van der Waals surface area contributed by atoms with Crippen LogP contribution in [0.5, 0.6) is 5.75 Å². The van der Waals surface area contributed by atoms with Crippen molar-refractivity contribution in [2.24, 2.45) is 10.4 Å². The third-order valence-electron chi connectivity index (χ3n) is 5.73. The number of benzene rings is 1. The fourth-order valence-electron chi connectivity index (χ4n) is 3.92. The molecule has 0 amide bonds. The van der Waals surface area contributed by atoms with E-state index in [0.29, 0.717) is 5.41 Å². The first-order chi connectivity index (χ1) is 12.5. The van der Waals surface area contributed by atoms with Gasteiger partial charge in [-0.1, -0.05) is 26.0 Å². The van der Waals surface area contributed by atoms with E-state index >= 15 is 0 Å². The predicted molar refractivity (Wildman–Crippen MR) is 106 cm³/mol. The average molecular weight is 360 g/mol. The van der Waals surface area contributed by atoms with Gasteiger partial charge in [-0.25, -0.2) is 0 Å². The highest BCUT2D eigenvalue weighted by Gasteiger charge is 2.42. The molecule has 1 unspecified atom stereocenters. The van der Waals surface area contributed by atoms with Gasteiger partial charge in [0.1, 0.15) is 5.75 Å². The van der Waals surface area contributed by atoms with Gasteiger partial charge in [0.25, 0.3) is 0 Å². The van der Waals surface area contributed by atoms with Crippen LogP contribution in [0.3, 0.4) is 0 Å². The molecule has 1 aromatic rings. The smallest absolute Gasteiger partial charge is 0.193 e. The summed E-state index contributed by atoms with van der Waals surface area (Å²) in [4.78, 5) is 7.42. The van der Waals surface area contributed by atoms with Gasteiger partial charge in [0, 0.05) is 37.1 Å². The summed E-state index contributed by atoms with van der Waals surface area (Å²) < 4.78 is 11.0. The third kappa shape index (κ3) is 4.14. The summed E-state index contributed by atoms with van der Waals surface area (Å²) in [5, 5.41) is 3.49. The Kier molecular flexibility index (Phi) is 5.76. The van der Waals surface area contributed by atoms with Crippen molar-refractivity contribution < 1.29 is 9.47 Å². The van der Waals surface area contributed by atoms with E-state index in [2.05, 4.69) is 49.2 Å². The number of nitrogens with zero attached hydrogens (tertiary/aromatic N) is 2. The molecular weight excluding hydrogens is 326 g/mol. The van der Waals surface area contributed by atoms with E-state index in [1.807, 2.05) is 6.07 Å². The summed E-state index contributed by atoms with van der Waals surface area (Å²) in [6.45, 7) is 12.2. The highest BCUT2D eigenvalue weighted by molar-refractivity contribution is 5.80. The lowest BCUT2D eigenvalue weighted by Crippen LogP contribution is -2.42. The lowest BCUT2D eigenvalue weighted by atomic mass is 9.84. The minimum absolute atomic E-state index is 0.0525. The fourth-order valence-corrected chi connectivity index (χ4v) is 3.92. The van der Waals surface area contributed by atoms with Crippen LogP contribution >= 0.6 is 0 Å². The molecule has 5 nitrogen and oxygen atoms in total. The molecule has 26 heavy (non-hydrogen) atoms. The van der Waals surface area contributed by atoms with Crippen molar-refractivity contribution in [3.05, 3.63) is 29.8 Å². The Labute approximate surface area is 157 Å². The van der Waals surface area contributed by atoms with E-state index in [4.69, 9.17) is 14.5 Å². The lowest BCUT2D eigenvalue weighted by molar-refractivity contribution is 0.156. The van der Waals surface area contributed by atoms with E-state index in [0.717, 1.165) is 51.1 Å². The van der Waals surface area contributed by atoms with E-state index < -0.39 is 0 Å². The van der Waals surface area contributed by atoms with Crippen LogP contribution in [-0.2, 0) is 10.2 Å². The van der Waals surface area contributed by atoms with Crippen LogP contribution in [0.25, 0.3) is 0 Å². The summed E-state index contributed by atoms with van der Waals surface area (Å²) in [5.74, 6) is 1.93. The van der Waals surface area contributed by atoms with Crippen LogP contribution in [0.2, 0.25) is 0 Å². The summed E-state index contributed by atoms with van der Waals surface area (Å²) in [5.41, 5.74) is 1.54. The maximum atomic E-state index is 5.67. The molecule has 0 bridgehead atoms. The van der Waals surface area contributed by atoms with Crippen molar-refractivity contribution in [1.82, 2.24) is 10.2 Å². The van der Waals surface area contributed by atoms with Crippen molar-refractivity contribution in [3.63, 3.8) is 0 Å². The van der Waals surface area contributed by atoms with Gasteiger partial charge in [0.15, 0.2) is 5.96 Å². The largest absolute Gasteiger partial charge is 0.497 e. The number of hydrogen-bond donors (Lipinski definition) is 1. The number of rotatable bonds is 5. The van der Waals surface area contributed by atoms with Crippen LogP contribution in [0.15, 0.2) is 29.3 Å². The van der Waals surface area contributed by atoms with E-state index in [9.17, 15) is 0 Å². The molecule has 0 radical (unpaired) electrons. The Morgan fingerprint density at radius 1 is 1.38 bits per heavy atom. The SMILES string of the molecule is CCNC(=NCC(C)(C)c1cccc(OC)c1)N1CCC2(CCOC2)C1. The number of likely N-dealkylation sites (tertiary alicyclic amines) is 1. The molecule has 2 aliphatic rings. The van der Waals surface area contributed by atoms with Gasteiger partial charge in [0.2, 0.25) is 0 Å². The van der Waals surface area contributed by atoms with Crippen LogP contribution in [0.4, 0.5) is 0 Å². The molecule has 2 aliphatic heterocycles. The van der Waals surface area contributed by atoms with Crippen LogP contribution in [0.1, 0.15) is 39.2 Å². The van der Waals surface area contributed by atoms with Gasteiger partial charge in [-0.15, -0.1) is 0 Å². The molecule has 0 aromatic heterocycles. The number of nitrogens with one attached hydrogen (secondary N) is 1. The Hall–Kier alpha value is -1.75. The molecule has 2 heterocycles. The highest BCUT2D eigenvalue weighted by atomic mass is 16.5. The maximum absolute atomic E-state index is 5.67. The average Bonchev–Trinajstić information content (AvgIpc) is 3.29. The molecule has 1 spiro atoms. The summed E-state index contributed by atoms with van der Waals surface area (Å²) in [7, 11) is 1.71. The minimum atomic E-state index is -0.0525. The van der Waals surface area contributed by atoms with Gasteiger partial charge in [-0.3, -0.25) is 4.99 Å².